The summed E-state index contributed by atoms with van der Waals surface area (Å²) in [5, 5.41) is 17.0. The fourth-order valence-electron chi connectivity index (χ4n) is 7.02. The van der Waals surface area contributed by atoms with Gasteiger partial charge in [-0.3, -0.25) is 19.3 Å². The zero-order valence-electron chi connectivity index (χ0n) is 27.8. The van der Waals surface area contributed by atoms with Crippen LogP contribution in [0, 0.1) is 11.8 Å². The van der Waals surface area contributed by atoms with Gasteiger partial charge in [0.25, 0.3) is 5.91 Å². The molecule has 3 amide bonds. The highest BCUT2D eigenvalue weighted by atomic mass is 35.5. The lowest BCUT2D eigenvalue weighted by Crippen LogP contribution is -2.75. The standard InChI is InChI=1S/C37H52N4O4.ClH/c1-4-7-20-41-35(44)32(33(42)30(5-2)6-3)39-36(45)37(41)18-21-40(22-19-37)25-29-12-8-26(9-13-29)23-27-14-16-31(17-15-27)34(43)38-24-28-10-11-28;/h8-9,12-17,28,30,32-33,42H,4-7,10-11,18-25H2,1-3H3,(H,38,43)(H,39,45);1H/t32-,33-;/m1./s1. The number of amides is 3. The van der Waals surface area contributed by atoms with Gasteiger partial charge in [-0.25, -0.2) is 0 Å². The van der Waals surface area contributed by atoms with E-state index in [2.05, 4.69) is 46.7 Å². The lowest BCUT2D eigenvalue weighted by molar-refractivity contribution is -0.165. The Morgan fingerprint density at radius 3 is 2.11 bits per heavy atom. The van der Waals surface area contributed by atoms with Crippen LogP contribution in [0.1, 0.15) is 99.2 Å². The third-order valence-corrected chi connectivity index (χ3v) is 10.4. The molecule has 1 saturated carbocycles. The fraction of sp³-hybridized carbons (Fsp3) is 0.595. The molecule has 3 aliphatic rings. The van der Waals surface area contributed by atoms with Gasteiger partial charge in [-0.05, 0) is 79.2 Å². The highest BCUT2D eigenvalue weighted by Gasteiger charge is 2.55. The quantitative estimate of drug-likeness (QED) is 0.264. The topological polar surface area (TPSA) is 102 Å². The number of piperazine rings is 1. The molecule has 0 bridgehead atoms. The minimum Gasteiger partial charge on any atom is -0.390 e. The van der Waals surface area contributed by atoms with E-state index in [1.807, 2.05) is 43.0 Å². The summed E-state index contributed by atoms with van der Waals surface area (Å²) in [4.78, 5) is 44.0. The second-order valence-electron chi connectivity index (χ2n) is 13.5. The van der Waals surface area contributed by atoms with Crippen molar-refractivity contribution in [2.75, 3.05) is 26.2 Å². The summed E-state index contributed by atoms with van der Waals surface area (Å²) in [6.07, 6.45) is 6.87. The van der Waals surface area contributed by atoms with E-state index < -0.39 is 17.7 Å². The van der Waals surface area contributed by atoms with E-state index in [9.17, 15) is 19.5 Å². The number of rotatable bonds is 14. The summed E-state index contributed by atoms with van der Waals surface area (Å²) in [5.74, 6) is 0.415. The normalized spacial score (nSPS) is 20.4. The van der Waals surface area contributed by atoms with E-state index in [1.54, 1.807) is 0 Å². The molecule has 5 rings (SSSR count). The molecule has 0 unspecified atom stereocenters. The number of nitrogens with zero attached hydrogens (tertiary/aromatic N) is 2. The van der Waals surface area contributed by atoms with Crippen molar-refractivity contribution in [3.05, 3.63) is 70.8 Å². The van der Waals surface area contributed by atoms with E-state index in [0.29, 0.717) is 30.9 Å². The van der Waals surface area contributed by atoms with Crippen molar-refractivity contribution >= 4 is 30.1 Å². The monoisotopic (exact) mass is 652 g/mol. The number of carbonyl (C=O) groups excluding carboxylic acids is 3. The van der Waals surface area contributed by atoms with Crippen LogP contribution in [0.4, 0.5) is 0 Å². The van der Waals surface area contributed by atoms with Crippen molar-refractivity contribution < 1.29 is 19.5 Å². The number of nitrogens with one attached hydrogen (secondary N) is 2. The summed E-state index contributed by atoms with van der Waals surface area (Å²) in [6.45, 7) is 9.71. The van der Waals surface area contributed by atoms with Crippen LogP contribution < -0.4 is 10.6 Å². The molecule has 2 aromatic carbocycles. The molecule has 0 radical (unpaired) electrons. The number of piperidine rings is 1. The van der Waals surface area contributed by atoms with Crippen LogP contribution >= 0.6 is 12.4 Å². The maximum absolute atomic E-state index is 13.8. The Morgan fingerprint density at radius 1 is 0.957 bits per heavy atom. The molecular formula is C37H53ClN4O4. The largest absolute Gasteiger partial charge is 0.390 e. The zero-order chi connectivity index (χ0) is 32.0. The van der Waals surface area contributed by atoms with Gasteiger partial charge in [-0.15, -0.1) is 12.4 Å². The molecule has 3 fully saturated rings. The van der Waals surface area contributed by atoms with E-state index >= 15 is 0 Å². The van der Waals surface area contributed by atoms with Gasteiger partial charge in [0.05, 0.1) is 6.10 Å². The van der Waals surface area contributed by atoms with E-state index in [4.69, 9.17) is 0 Å². The number of hydrogen-bond acceptors (Lipinski definition) is 5. The van der Waals surface area contributed by atoms with Crippen LogP contribution in [0.25, 0.3) is 0 Å². The Bertz CT molecular complexity index is 1300. The lowest BCUT2D eigenvalue weighted by Gasteiger charge is -2.52. The van der Waals surface area contributed by atoms with Crippen LogP contribution in [-0.4, -0.2) is 76.5 Å². The average molecular weight is 653 g/mol. The molecule has 9 heteroatoms. The molecule has 46 heavy (non-hydrogen) atoms. The van der Waals surface area contributed by atoms with E-state index in [-0.39, 0.29) is 36.0 Å². The molecule has 3 N–H and O–H groups in total. The first-order chi connectivity index (χ1) is 21.8. The first-order valence-electron chi connectivity index (χ1n) is 17.3. The maximum atomic E-state index is 13.8. The Morgan fingerprint density at radius 2 is 1.54 bits per heavy atom. The molecule has 2 aliphatic heterocycles. The zero-order valence-corrected chi connectivity index (χ0v) is 28.6. The maximum Gasteiger partial charge on any atom is 0.251 e. The number of hydrogen-bond donors (Lipinski definition) is 3. The number of unbranched alkanes of at least 4 members (excludes halogenated alkanes) is 1. The molecular weight excluding hydrogens is 600 g/mol. The fourth-order valence-corrected chi connectivity index (χ4v) is 7.02. The highest BCUT2D eigenvalue weighted by molar-refractivity contribution is 6.00. The SMILES string of the molecule is CCCCN1C(=O)[C@@H]([C@H](O)C(CC)CC)NC(=O)C12CCN(Cc1ccc(Cc3ccc(C(=O)NCC4CC4)cc3)cc1)CC2.Cl. The third kappa shape index (κ3) is 8.31. The second kappa shape index (κ2) is 16.2. The Kier molecular flexibility index (Phi) is 12.7. The number of aliphatic hydroxyl groups excluding tert-OH is 1. The predicted molar refractivity (Wildman–Crippen MR) is 184 cm³/mol. The predicted octanol–water partition coefficient (Wildman–Crippen LogP) is 5.10. The highest BCUT2D eigenvalue weighted by Crippen LogP contribution is 2.35. The smallest absolute Gasteiger partial charge is 0.251 e. The molecule has 2 atom stereocenters. The molecule has 8 nitrogen and oxygen atoms in total. The summed E-state index contributed by atoms with van der Waals surface area (Å²) in [5.41, 5.74) is 3.48. The van der Waals surface area contributed by atoms with Crippen molar-refractivity contribution in [2.24, 2.45) is 11.8 Å². The summed E-state index contributed by atoms with van der Waals surface area (Å²) in [7, 11) is 0. The van der Waals surface area contributed by atoms with Crippen LogP contribution in [0.3, 0.4) is 0 Å². The van der Waals surface area contributed by atoms with Crippen molar-refractivity contribution in [3.63, 3.8) is 0 Å². The first kappa shape index (κ1) is 35.9. The minimum atomic E-state index is -0.872. The third-order valence-electron chi connectivity index (χ3n) is 10.4. The lowest BCUT2D eigenvalue weighted by atomic mass is 9.79. The van der Waals surface area contributed by atoms with Gasteiger partial charge in [0.2, 0.25) is 11.8 Å². The minimum absolute atomic E-state index is 0. The number of likely N-dealkylation sites (tertiary alicyclic amines) is 1. The van der Waals surface area contributed by atoms with E-state index in [1.165, 1.54) is 29.5 Å². The number of aliphatic hydroxyl groups is 1. The summed E-state index contributed by atoms with van der Waals surface area (Å²) >= 11 is 0. The Labute approximate surface area is 281 Å². The summed E-state index contributed by atoms with van der Waals surface area (Å²) < 4.78 is 0. The Balaban J connectivity index is 0.00000480. The van der Waals surface area contributed by atoms with Gasteiger partial charge in [0, 0.05) is 38.3 Å². The second-order valence-corrected chi connectivity index (χ2v) is 13.5. The van der Waals surface area contributed by atoms with Crippen LogP contribution in [0.15, 0.2) is 48.5 Å². The van der Waals surface area contributed by atoms with Gasteiger partial charge in [0.15, 0.2) is 0 Å². The van der Waals surface area contributed by atoms with Gasteiger partial charge in [-0.1, -0.05) is 76.4 Å². The summed E-state index contributed by atoms with van der Waals surface area (Å²) in [6, 6.07) is 15.7. The number of halogens is 1. The molecule has 252 valence electrons. The van der Waals surface area contributed by atoms with Crippen LogP contribution in [0.5, 0.6) is 0 Å². The first-order valence-corrected chi connectivity index (χ1v) is 17.3. The van der Waals surface area contributed by atoms with Crippen molar-refractivity contribution in [3.8, 4) is 0 Å². The number of carbonyl (C=O) groups is 3. The molecule has 1 aliphatic carbocycles. The van der Waals surface area contributed by atoms with Crippen molar-refractivity contribution in [1.29, 1.82) is 0 Å². The van der Waals surface area contributed by atoms with Crippen LogP contribution in [-0.2, 0) is 22.6 Å². The van der Waals surface area contributed by atoms with Gasteiger partial charge < -0.3 is 20.6 Å². The van der Waals surface area contributed by atoms with Gasteiger partial charge in [0.1, 0.15) is 11.6 Å². The van der Waals surface area contributed by atoms with Gasteiger partial charge in [-0.2, -0.15) is 0 Å². The van der Waals surface area contributed by atoms with Gasteiger partial charge >= 0.3 is 0 Å². The Hall–Kier alpha value is -2.94. The molecule has 2 heterocycles. The number of benzene rings is 2. The molecule has 2 aromatic rings. The molecule has 2 saturated heterocycles. The van der Waals surface area contributed by atoms with Crippen molar-refractivity contribution in [1.82, 2.24) is 20.4 Å². The van der Waals surface area contributed by atoms with Crippen molar-refractivity contribution in [2.45, 2.75) is 103 Å². The molecule has 1 spiro atoms. The van der Waals surface area contributed by atoms with Crippen LogP contribution in [0.2, 0.25) is 0 Å². The average Bonchev–Trinajstić information content (AvgIpc) is 3.89. The van der Waals surface area contributed by atoms with E-state index in [0.717, 1.165) is 58.3 Å². The molecule has 0 aromatic heterocycles.